The van der Waals surface area contributed by atoms with Crippen LogP contribution in [-0.2, 0) is 9.53 Å². The summed E-state index contributed by atoms with van der Waals surface area (Å²) < 4.78 is 5.41. The molecule has 0 bridgehead atoms. The number of ether oxygens (including phenoxy) is 1. The molecule has 0 radical (unpaired) electrons. The van der Waals surface area contributed by atoms with Gasteiger partial charge in [-0.3, -0.25) is 4.79 Å². The van der Waals surface area contributed by atoms with Gasteiger partial charge in [-0.1, -0.05) is 23.7 Å². The summed E-state index contributed by atoms with van der Waals surface area (Å²) in [6, 6.07) is 6.70. The van der Waals surface area contributed by atoms with Crippen molar-refractivity contribution in [3.05, 3.63) is 34.9 Å². The summed E-state index contributed by atoms with van der Waals surface area (Å²) in [6.07, 6.45) is 0.379. The van der Waals surface area contributed by atoms with Crippen LogP contribution in [0.5, 0.6) is 0 Å². The SMILES string of the molecule is CC(C)(C)OC(=O)N1CCC2(CC1)C[C@H](O)[C@@H](c1ccc(Cl)cc1)NC2=O. The maximum absolute atomic E-state index is 12.9. The number of hydrogen-bond acceptors (Lipinski definition) is 4. The van der Waals surface area contributed by atoms with E-state index < -0.39 is 23.2 Å². The van der Waals surface area contributed by atoms with Gasteiger partial charge in [-0.05, 0) is 57.7 Å². The lowest BCUT2D eigenvalue weighted by Gasteiger charge is -2.46. The fraction of sp³-hybridized carbons (Fsp3) is 0.600. The number of carbonyl (C=O) groups is 2. The Labute approximate surface area is 164 Å². The third-order valence-corrected chi connectivity index (χ3v) is 5.61. The molecule has 2 aliphatic heterocycles. The number of aliphatic hydroxyl groups is 1. The van der Waals surface area contributed by atoms with Crippen LogP contribution in [0.25, 0.3) is 0 Å². The number of carbonyl (C=O) groups excluding carboxylic acids is 2. The molecule has 0 aliphatic carbocycles. The van der Waals surface area contributed by atoms with Gasteiger partial charge in [-0.15, -0.1) is 0 Å². The van der Waals surface area contributed by atoms with Crippen LogP contribution in [-0.4, -0.2) is 46.8 Å². The van der Waals surface area contributed by atoms with E-state index in [1.165, 1.54) is 0 Å². The zero-order chi connectivity index (χ0) is 19.8. The molecule has 0 unspecified atom stereocenters. The van der Waals surface area contributed by atoms with Gasteiger partial charge in [0.05, 0.1) is 17.6 Å². The number of piperidine rings is 2. The highest BCUT2D eigenvalue weighted by Gasteiger charge is 2.49. The second kappa shape index (κ2) is 7.32. The van der Waals surface area contributed by atoms with E-state index in [4.69, 9.17) is 16.3 Å². The van der Waals surface area contributed by atoms with E-state index in [0.29, 0.717) is 37.4 Å². The molecule has 7 heteroatoms. The third-order valence-electron chi connectivity index (χ3n) is 5.35. The first-order valence-electron chi connectivity index (χ1n) is 9.32. The molecule has 1 spiro atoms. The first-order valence-corrected chi connectivity index (χ1v) is 9.70. The number of nitrogens with zero attached hydrogens (tertiary/aromatic N) is 1. The largest absolute Gasteiger partial charge is 0.444 e. The number of amides is 2. The van der Waals surface area contributed by atoms with E-state index in [1.807, 2.05) is 32.9 Å². The lowest BCUT2D eigenvalue weighted by molar-refractivity contribution is -0.144. The van der Waals surface area contributed by atoms with E-state index in [9.17, 15) is 14.7 Å². The molecule has 1 aromatic carbocycles. The Morgan fingerprint density at radius 3 is 2.41 bits per heavy atom. The van der Waals surface area contributed by atoms with Gasteiger partial charge in [0, 0.05) is 18.1 Å². The quantitative estimate of drug-likeness (QED) is 0.766. The average Bonchev–Trinajstić information content (AvgIpc) is 2.58. The summed E-state index contributed by atoms with van der Waals surface area (Å²) >= 11 is 5.92. The smallest absolute Gasteiger partial charge is 0.410 e. The second-order valence-electron chi connectivity index (χ2n) is 8.52. The van der Waals surface area contributed by atoms with Crippen LogP contribution >= 0.6 is 11.6 Å². The average molecular weight is 395 g/mol. The molecule has 2 atom stereocenters. The van der Waals surface area contributed by atoms with Crippen LogP contribution in [0.1, 0.15) is 51.6 Å². The minimum absolute atomic E-state index is 0.0587. The predicted octanol–water partition coefficient (Wildman–Crippen LogP) is 3.28. The van der Waals surface area contributed by atoms with E-state index in [1.54, 1.807) is 17.0 Å². The van der Waals surface area contributed by atoms with Gasteiger partial charge in [0.2, 0.25) is 5.91 Å². The molecule has 0 saturated carbocycles. The van der Waals surface area contributed by atoms with Crippen molar-refractivity contribution in [2.24, 2.45) is 5.41 Å². The van der Waals surface area contributed by atoms with Gasteiger partial charge in [0.25, 0.3) is 0 Å². The van der Waals surface area contributed by atoms with E-state index in [2.05, 4.69) is 5.32 Å². The van der Waals surface area contributed by atoms with Gasteiger partial charge in [0.15, 0.2) is 0 Å². The number of likely N-dealkylation sites (tertiary alicyclic amines) is 1. The van der Waals surface area contributed by atoms with Gasteiger partial charge in [-0.25, -0.2) is 4.79 Å². The Morgan fingerprint density at radius 1 is 1.26 bits per heavy atom. The van der Waals surface area contributed by atoms with Crippen molar-refractivity contribution < 1.29 is 19.4 Å². The van der Waals surface area contributed by atoms with Crippen LogP contribution in [0, 0.1) is 5.41 Å². The van der Waals surface area contributed by atoms with Gasteiger partial charge < -0.3 is 20.1 Å². The van der Waals surface area contributed by atoms with Crippen molar-refractivity contribution in [3.63, 3.8) is 0 Å². The van der Waals surface area contributed by atoms with Gasteiger partial charge in [-0.2, -0.15) is 0 Å². The zero-order valence-electron chi connectivity index (χ0n) is 16.0. The third kappa shape index (κ3) is 4.38. The summed E-state index contributed by atoms with van der Waals surface area (Å²) in [7, 11) is 0. The minimum atomic E-state index is -0.683. The van der Waals surface area contributed by atoms with Crippen LogP contribution < -0.4 is 5.32 Å². The Kier molecular flexibility index (Phi) is 5.41. The van der Waals surface area contributed by atoms with Crippen molar-refractivity contribution >= 4 is 23.6 Å². The molecule has 0 aromatic heterocycles. The number of benzene rings is 1. The highest BCUT2D eigenvalue weighted by Crippen LogP contribution is 2.42. The van der Waals surface area contributed by atoms with Crippen LogP contribution in [0.2, 0.25) is 5.02 Å². The number of rotatable bonds is 1. The molecule has 27 heavy (non-hydrogen) atoms. The monoisotopic (exact) mass is 394 g/mol. The van der Waals surface area contributed by atoms with Crippen LogP contribution in [0.3, 0.4) is 0 Å². The van der Waals surface area contributed by atoms with Gasteiger partial charge >= 0.3 is 6.09 Å². The molecule has 2 amide bonds. The maximum atomic E-state index is 12.9. The van der Waals surface area contributed by atoms with E-state index in [0.717, 1.165) is 5.56 Å². The molecule has 148 valence electrons. The summed E-state index contributed by atoms with van der Waals surface area (Å²) in [5.74, 6) is -0.0587. The highest BCUT2D eigenvalue weighted by molar-refractivity contribution is 6.30. The number of halogens is 1. The predicted molar refractivity (Wildman–Crippen MR) is 102 cm³/mol. The molecular weight excluding hydrogens is 368 g/mol. The van der Waals surface area contributed by atoms with Crippen LogP contribution in [0.4, 0.5) is 4.79 Å². The minimum Gasteiger partial charge on any atom is -0.444 e. The Hall–Kier alpha value is -1.79. The summed E-state index contributed by atoms with van der Waals surface area (Å²) in [4.78, 5) is 26.8. The number of hydrogen-bond donors (Lipinski definition) is 2. The highest BCUT2D eigenvalue weighted by atomic mass is 35.5. The fourth-order valence-corrected chi connectivity index (χ4v) is 3.98. The molecule has 2 fully saturated rings. The Morgan fingerprint density at radius 2 is 1.85 bits per heavy atom. The van der Waals surface area contributed by atoms with Crippen molar-refractivity contribution in [3.8, 4) is 0 Å². The van der Waals surface area contributed by atoms with Crippen LogP contribution in [0.15, 0.2) is 24.3 Å². The molecule has 1 aromatic rings. The van der Waals surface area contributed by atoms with Gasteiger partial charge in [0.1, 0.15) is 5.60 Å². The topological polar surface area (TPSA) is 78.9 Å². The molecule has 2 heterocycles. The first kappa shape index (κ1) is 20.0. The van der Waals surface area contributed by atoms with Crippen molar-refractivity contribution in [1.29, 1.82) is 0 Å². The summed E-state index contributed by atoms with van der Waals surface area (Å²) in [6.45, 7) is 6.38. The number of nitrogens with one attached hydrogen (secondary N) is 1. The second-order valence-corrected chi connectivity index (χ2v) is 8.96. The molecule has 2 aliphatic rings. The number of aliphatic hydroxyl groups excluding tert-OH is 1. The summed E-state index contributed by atoms with van der Waals surface area (Å²) in [5.41, 5.74) is -0.349. The Bertz CT molecular complexity index is 706. The first-order chi connectivity index (χ1) is 12.6. The Balaban J connectivity index is 1.65. The lowest BCUT2D eigenvalue weighted by Crippen LogP contribution is -2.57. The van der Waals surface area contributed by atoms with Crippen molar-refractivity contribution in [2.45, 2.75) is 57.8 Å². The van der Waals surface area contributed by atoms with Crippen molar-refractivity contribution in [1.82, 2.24) is 10.2 Å². The normalized spacial score (nSPS) is 25.2. The molecule has 6 nitrogen and oxygen atoms in total. The fourth-order valence-electron chi connectivity index (χ4n) is 3.85. The van der Waals surface area contributed by atoms with E-state index >= 15 is 0 Å². The molecular formula is C20H27ClN2O4. The molecule has 3 rings (SSSR count). The van der Waals surface area contributed by atoms with E-state index in [-0.39, 0.29) is 12.0 Å². The van der Waals surface area contributed by atoms with Crippen molar-refractivity contribution in [2.75, 3.05) is 13.1 Å². The molecule has 2 saturated heterocycles. The molecule has 2 N–H and O–H groups in total. The summed E-state index contributed by atoms with van der Waals surface area (Å²) in [5, 5.41) is 14.3. The maximum Gasteiger partial charge on any atom is 0.410 e. The zero-order valence-corrected chi connectivity index (χ0v) is 16.8. The standard InChI is InChI=1S/C20H27ClN2O4/c1-19(2,3)27-18(26)23-10-8-20(9-11-23)12-15(24)16(22-17(20)25)13-4-6-14(21)7-5-13/h4-7,15-16,24H,8-12H2,1-3H3,(H,22,25)/t15-,16+/m0/s1. The lowest BCUT2D eigenvalue weighted by atomic mass is 9.69.